The highest BCUT2D eigenvalue weighted by atomic mass is 32.1. The van der Waals surface area contributed by atoms with Crippen molar-refractivity contribution in [2.75, 3.05) is 11.9 Å². The Morgan fingerprint density at radius 3 is 2.48 bits per heavy atom. The quantitative estimate of drug-likeness (QED) is 0.819. The Labute approximate surface area is 130 Å². The van der Waals surface area contributed by atoms with E-state index in [1.165, 1.54) is 18.3 Å². The molecule has 0 unspecified atom stereocenters. The molecule has 0 aliphatic carbocycles. The van der Waals surface area contributed by atoms with Gasteiger partial charge in [0.1, 0.15) is 5.00 Å². The molecule has 0 fully saturated rings. The molecule has 1 amide bonds. The van der Waals surface area contributed by atoms with E-state index in [1.54, 1.807) is 6.92 Å². The first-order valence-electron chi connectivity index (χ1n) is 7.22. The maximum Gasteiger partial charge on any atom is 0.341 e. The highest BCUT2D eigenvalue weighted by molar-refractivity contribution is 7.16. The first-order chi connectivity index (χ1) is 9.64. The zero-order valence-corrected chi connectivity index (χ0v) is 14.5. The molecule has 0 spiro atoms. The molecule has 0 saturated heterocycles. The Bertz CT molecular complexity index is 514. The minimum absolute atomic E-state index is 0.183. The van der Waals surface area contributed by atoms with Gasteiger partial charge >= 0.3 is 5.97 Å². The van der Waals surface area contributed by atoms with Crippen molar-refractivity contribution in [2.24, 2.45) is 5.41 Å². The van der Waals surface area contributed by atoms with E-state index in [9.17, 15) is 9.59 Å². The van der Waals surface area contributed by atoms with Gasteiger partial charge in [0.15, 0.2) is 0 Å². The van der Waals surface area contributed by atoms with Crippen LogP contribution in [0.25, 0.3) is 0 Å². The number of carbonyl (C=O) groups is 2. The Morgan fingerprint density at radius 2 is 2.00 bits per heavy atom. The number of hydrogen-bond acceptors (Lipinski definition) is 4. The molecule has 1 heterocycles. The highest BCUT2D eigenvalue weighted by Crippen LogP contribution is 2.38. The summed E-state index contributed by atoms with van der Waals surface area (Å²) < 4.78 is 5.06. The van der Waals surface area contributed by atoms with Crippen molar-refractivity contribution in [1.29, 1.82) is 0 Å². The molecule has 0 aliphatic heterocycles. The fourth-order valence-corrected chi connectivity index (χ4v) is 3.43. The van der Waals surface area contributed by atoms with Crippen molar-refractivity contribution in [3.63, 3.8) is 0 Å². The lowest BCUT2D eigenvalue weighted by molar-refractivity contribution is -0.114. The van der Waals surface area contributed by atoms with Gasteiger partial charge in [-0.1, -0.05) is 27.7 Å². The van der Waals surface area contributed by atoms with Crippen LogP contribution < -0.4 is 5.32 Å². The van der Waals surface area contributed by atoms with Crippen LogP contribution in [0.3, 0.4) is 0 Å². The Morgan fingerprint density at radius 1 is 1.38 bits per heavy atom. The average molecular weight is 311 g/mol. The molecule has 1 N–H and O–H groups in total. The van der Waals surface area contributed by atoms with Crippen LogP contribution in [0.4, 0.5) is 5.00 Å². The molecule has 118 valence electrons. The molecule has 5 heteroatoms. The third-order valence-electron chi connectivity index (χ3n) is 2.94. The lowest BCUT2D eigenvalue weighted by atomic mass is 9.85. The summed E-state index contributed by atoms with van der Waals surface area (Å²) in [5, 5.41) is 3.31. The van der Waals surface area contributed by atoms with Gasteiger partial charge in [0.25, 0.3) is 0 Å². The second-order valence-electron chi connectivity index (χ2n) is 6.46. The molecule has 1 rings (SSSR count). The normalized spacial score (nSPS) is 12.9. The summed E-state index contributed by atoms with van der Waals surface area (Å²) in [5.41, 5.74) is 0.662. The van der Waals surface area contributed by atoms with Crippen LogP contribution in [0.15, 0.2) is 6.07 Å². The van der Waals surface area contributed by atoms with Crippen molar-refractivity contribution < 1.29 is 14.3 Å². The smallest absolute Gasteiger partial charge is 0.341 e. The zero-order chi connectivity index (χ0) is 16.2. The summed E-state index contributed by atoms with van der Waals surface area (Å²) in [5.74, 6) is -0.241. The van der Waals surface area contributed by atoms with Crippen LogP contribution in [0.1, 0.15) is 69.1 Å². The zero-order valence-electron chi connectivity index (χ0n) is 13.7. The number of rotatable bonds is 5. The van der Waals surface area contributed by atoms with Gasteiger partial charge in [-0.15, -0.1) is 11.3 Å². The van der Waals surface area contributed by atoms with Crippen molar-refractivity contribution in [1.82, 2.24) is 0 Å². The largest absolute Gasteiger partial charge is 0.462 e. The number of ether oxygens (including phenoxy) is 1. The SMILES string of the molecule is CCOC(=O)c1cc([C@H](C)CC(C)(C)C)sc1NC(C)=O. The van der Waals surface area contributed by atoms with Gasteiger partial charge < -0.3 is 10.1 Å². The summed E-state index contributed by atoms with van der Waals surface area (Å²) >= 11 is 1.46. The third-order valence-corrected chi connectivity index (χ3v) is 4.22. The van der Waals surface area contributed by atoms with Gasteiger partial charge in [0, 0.05) is 11.8 Å². The summed E-state index contributed by atoms with van der Waals surface area (Å²) in [6, 6.07) is 1.85. The fraction of sp³-hybridized carbons (Fsp3) is 0.625. The maximum absolute atomic E-state index is 12.0. The second-order valence-corrected chi connectivity index (χ2v) is 7.54. The highest BCUT2D eigenvalue weighted by Gasteiger charge is 2.23. The molecular weight excluding hydrogens is 286 g/mol. The Balaban J connectivity index is 3.07. The van der Waals surface area contributed by atoms with Crippen molar-refractivity contribution in [2.45, 2.75) is 53.9 Å². The molecule has 0 saturated carbocycles. The average Bonchev–Trinajstić information content (AvgIpc) is 2.70. The second kappa shape index (κ2) is 7.07. The Hall–Kier alpha value is -1.36. The number of esters is 1. The van der Waals surface area contributed by atoms with Gasteiger partial charge in [-0.25, -0.2) is 4.79 Å². The van der Waals surface area contributed by atoms with Crippen LogP contribution in [0, 0.1) is 5.41 Å². The lowest BCUT2D eigenvalue weighted by Gasteiger charge is -2.22. The van der Waals surface area contributed by atoms with E-state index in [0.717, 1.165) is 11.3 Å². The molecule has 21 heavy (non-hydrogen) atoms. The maximum atomic E-state index is 12.0. The van der Waals surface area contributed by atoms with Crippen LogP contribution in [-0.4, -0.2) is 18.5 Å². The minimum atomic E-state index is -0.383. The molecular formula is C16H25NO3S. The van der Waals surface area contributed by atoms with Crippen molar-refractivity contribution in [3.05, 3.63) is 16.5 Å². The predicted octanol–water partition coefficient (Wildman–Crippen LogP) is 4.42. The van der Waals surface area contributed by atoms with Gasteiger partial charge in [0.2, 0.25) is 5.91 Å². The van der Waals surface area contributed by atoms with Crippen LogP contribution in [0.5, 0.6) is 0 Å². The van der Waals surface area contributed by atoms with E-state index >= 15 is 0 Å². The number of carbonyl (C=O) groups excluding carboxylic acids is 2. The number of anilines is 1. The van der Waals surface area contributed by atoms with Crippen LogP contribution in [-0.2, 0) is 9.53 Å². The molecule has 1 aromatic heterocycles. The van der Waals surface area contributed by atoms with Gasteiger partial charge in [-0.3, -0.25) is 4.79 Å². The third kappa shape index (κ3) is 5.50. The Kier molecular flexibility index (Phi) is 5.96. The van der Waals surface area contributed by atoms with E-state index in [4.69, 9.17) is 4.74 Å². The van der Waals surface area contributed by atoms with Gasteiger partial charge in [-0.05, 0) is 30.7 Å². The van der Waals surface area contributed by atoms with E-state index in [-0.39, 0.29) is 17.3 Å². The van der Waals surface area contributed by atoms with E-state index < -0.39 is 0 Å². The molecule has 4 nitrogen and oxygen atoms in total. The topological polar surface area (TPSA) is 55.4 Å². The van der Waals surface area contributed by atoms with Crippen molar-refractivity contribution in [3.8, 4) is 0 Å². The molecule has 0 aromatic carbocycles. The summed E-state index contributed by atoms with van der Waals surface area (Å²) in [7, 11) is 0. The van der Waals surface area contributed by atoms with Crippen LogP contribution >= 0.6 is 11.3 Å². The predicted molar refractivity (Wildman–Crippen MR) is 87.1 cm³/mol. The van der Waals surface area contributed by atoms with Gasteiger partial charge in [-0.2, -0.15) is 0 Å². The number of nitrogens with one attached hydrogen (secondary N) is 1. The van der Waals surface area contributed by atoms with E-state index in [2.05, 4.69) is 33.0 Å². The lowest BCUT2D eigenvalue weighted by Crippen LogP contribution is -2.10. The van der Waals surface area contributed by atoms with Crippen LogP contribution in [0.2, 0.25) is 0 Å². The molecule has 0 bridgehead atoms. The monoisotopic (exact) mass is 311 g/mol. The number of amides is 1. The first kappa shape index (κ1) is 17.7. The molecule has 0 aliphatic rings. The summed E-state index contributed by atoms with van der Waals surface area (Å²) in [6.45, 7) is 12.2. The van der Waals surface area contributed by atoms with Gasteiger partial charge in [0.05, 0.1) is 12.2 Å². The molecule has 1 aromatic rings. The fourth-order valence-electron chi connectivity index (χ4n) is 2.29. The van der Waals surface area contributed by atoms with Crippen molar-refractivity contribution >= 4 is 28.2 Å². The number of hydrogen-bond donors (Lipinski definition) is 1. The summed E-state index contributed by atoms with van der Waals surface area (Å²) in [4.78, 5) is 24.4. The first-order valence-corrected chi connectivity index (χ1v) is 8.04. The number of thiophene rings is 1. The standard InChI is InChI=1S/C16H25NO3S/c1-7-20-15(19)12-8-13(10(2)9-16(4,5)6)21-14(12)17-11(3)18/h8,10H,7,9H2,1-6H3,(H,17,18)/t10-/m1/s1. The summed E-state index contributed by atoms with van der Waals surface area (Å²) in [6.07, 6.45) is 1.01. The van der Waals surface area contributed by atoms with E-state index in [0.29, 0.717) is 23.1 Å². The van der Waals surface area contributed by atoms with E-state index in [1.807, 2.05) is 6.07 Å². The molecule has 1 atom stereocenters. The molecule has 0 radical (unpaired) electrons. The minimum Gasteiger partial charge on any atom is -0.462 e.